The van der Waals surface area contributed by atoms with Gasteiger partial charge in [-0.3, -0.25) is 0 Å². The van der Waals surface area contributed by atoms with Gasteiger partial charge >= 0.3 is 0 Å². The van der Waals surface area contributed by atoms with Crippen LogP contribution in [-0.2, 0) is 12.8 Å². The standard InChI is InChI=1S/C20H25/c1-4-10-17-11-8-9-14-19(17)15-20(16(2)3)18-12-6-5-7-13-18/h5-9,11-14,16H,4,10,15H2,1-3H3. The topological polar surface area (TPSA) is 0 Å². The van der Waals surface area contributed by atoms with E-state index in [0.29, 0.717) is 5.92 Å². The van der Waals surface area contributed by atoms with Crippen molar-refractivity contribution in [2.45, 2.75) is 40.0 Å². The van der Waals surface area contributed by atoms with Crippen molar-refractivity contribution in [3.05, 3.63) is 77.2 Å². The third-order valence-corrected chi connectivity index (χ3v) is 3.86. The first-order valence-corrected chi connectivity index (χ1v) is 7.70. The van der Waals surface area contributed by atoms with Crippen LogP contribution in [-0.4, -0.2) is 0 Å². The van der Waals surface area contributed by atoms with Crippen molar-refractivity contribution in [3.8, 4) is 0 Å². The van der Waals surface area contributed by atoms with E-state index in [4.69, 9.17) is 0 Å². The molecule has 0 saturated heterocycles. The normalized spacial score (nSPS) is 11.2. The molecule has 105 valence electrons. The van der Waals surface area contributed by atoms with Crippen LogP contribution in [0.2, 0.25) is 0 Å². The molecule has 0 atom stereocenters. The summed E-state index contributed by atoms with van der Waals surface area (Å²) in [7, 11) is 0. The molecule has 0 spiro atoms. The fourth-order valence-electron chi connectivity index (χ4n) is 2.74. The fourth-order valence-corrected chi connectivity index (χ4v) is 2.74. The van der Waals surface area contributed by atoms with Gasteiger partial charge in [-0.1, -0.05) is 81.8 Å². The van der Waals surface area contributed by atoms with Crippen LogP contribution < -0.4 is 0 Å². The van der Waals surface area contributed by atoms with Crippen LogP contribution in [0, 0.1) is 11.8 Å². The number of hydrogen-bond acceptors (Lipinski definition) is 0. The summed E-state index contributed by atoms with van der Waals surface area (Å²) in [6.07, 6.45) is 3.45. The van der Waals surface area contributed by atoms with E-state index in [9.17, 15) is 0 Å². The van der Waals surface area contributed by atoms with Gasteiger partial charge in [0.25, 0.3) is 0 Å². The van der Waals surface area contributed by atoms with Gasteiger partial charge in [-0.25, -0.2) is 0 Å². The highest BCUT2D eigenvalue weighted by Crippen LogP contribution is 2.28. The van der Waals surface area contributed by atoms with Gasteiger partial charge in [0.1, 0.15) is 0 Å². The Morgan fingerprint density at radius 1 is 0.850 bits per heavy atom. The highest BCUT2D eigenvalue weighted by atomic mass is 14.2. The van der Waals surface area contributed by atoms with E-state index in [1.807, 2.05) is 0 Å². The molecule has 0 saturated carbocycles. The zero-order valence-corrected chi connectivity index (χ0v) is 12.9. The molecule has 1 radical (unpaired) electrons. The quantitative estimate of drug-likeness (QED) is 0.650. The van der Waals surface area contributed by atoms with Crippen LogP contribution in [0.3, 0.4) is 0 Å². The van der Waals surface area contributed by atoms with Crippen LogP contribution >= 0.6 is 0 Å². The van der Waals surface area contributed by atoms with Crippen LogP contribution in [0.15, 0.2) is 54.6 Å². The molecule has 0 aromatic heterocycles. The smallest absolute Gasteiger partial charge is 0.0119 e. The minimum Gasteiger partial charge on any atom is -0.0651 e. The van der Waals surface area contributed by atoms with E-state index >= 15 is 0 Å². The summed E-state index contributed by atoms with van der Waals surface area (Å²) < 4.78 is 0. The van der Waals surface area contributed by atoms with Crippen molar-refractivity contribution < 1.29 is 0 Å². The van der Waals surface area contributed by atoms with Gasteiger partial charge < -0.3 is 0 Å². The Kier molecular flexibility index (Phi) is 5.40. The lowest BCUT2D eigenvalue weighted by Gasteiger charge is -2.22. The van der Waals surface area contributed by atoms with Gasteiger partial charge in [-0.05, 0) is 35.4 Å². The largest absolute Gasteiger partial charge is 0.0651 e. The van der Waals surface area contributed by atoms with Crippen molar-refractivity contribution in [1.82, 2.24) is 0 Å². The van der Waals surface area contributed by atoms with Gasteiger partial charge in [-0.2, -0.15) is 0 Å². The van der Waals surface area contributed by atoms with Crippen LogP contribution in [0.5, 0.6) is 0 Å². The Labute approximate surface area is 123 Å². The van der Waals surface area contributed by atoms with Crippen LogP contribution in [0.25, 0.3) is 0 Å². The molecule has 0 unspecified atom stereocenters. The summed E-state index contributed by atoms with van der Waals surface area (Å²) in [5.41, 5.74) is 4.37. The van der Waals surface area contributed by atoms with E-state index < -0.39 is 0 Å². The van der Waals surface area contributed by atoms with E-state index in [0.717, 1.165) is 6.42 Å². The first-order valence-electron chi connectivity index (χ1n) is 7.70. The number of aryl methyl sites for hydroxylation is 1. The van der Waals surface area contributed by atoms with Crippen molar-refractivity contribution in [3.63, 3.8) is 0 Å². The molecule has 2 aromatic carbocycles. The second-order valence-corrected chi connectivity index (χ2v) is 5.74. The predicted octanol–water partition coefficient (Wildman–Crippen LogP) is 5.46. The minimum absolute atomic E-state index is 0.576. The number of benzene rings is 2. The monoisotopic (exact) mass is 265 g/mol. The van der Waals surface area contributed by atoms with Crippen molar-refractivity contribution >= 4 is 0 Å². The molecular weight excluding hydrogens is 240 g/mol. The summed E-state index contributed by atoms with van der Waals surface area (Å²) in [5.74, 6) is 2.11. The molecule has 0 N–H and O–H groups in total. The van der Waals surface area contributed by atoms with E-state index in [1.165, 1.54) is 35.4 Å². The molecule has 0 aliphatic rings. The summed E-state index contributed by atoms with van der Waals surface area (Å²) in [5, 5.41) is 0. The maximum Gasteiger partial charge on any atom is 0.0119 e. The highest BCUT2D eigenvalue weighted by Gasteiger charge is 2.18. The van der Waals surface area contributed by atoms with Crippen molar-refractivity contribution in [2.75, 3.05) is 0 Å². The molecule has 0 heterocycles. The van der Waals surface area contributed by atoms with Crippen molar-refractivity contribution in [1.29, 1.82) is 0 Å². The summed E-state index contributed by atoms with van der Waals surface area (Å²) in [4.78, 5) is 0. The maximum atomic E-state index is 2.30. The van der Waals surface area contributed by atoms with E-state index in [1.54, 1.807) is 0 Å². The molecule has 2 aromatic rings. The Morgan fingerprint density at radius 3 is 2.05 bits per heavy atom. The lowest BCUT2D eigenvalue weighted by atomic mass is 9.82. The number of hydrogen-bond donors (Lipinski definition) is 0. The summed E-state index contributed by atoms with van der Waals surface area (Å²) >= 11 is 0. The first-order chi connectivity index (χ1) is 9.72. The SMILES string of the molecule is CCCc1ccccc1C[C](c1ccccc1)C(C)C. The van der Waals surface area contributed by atoms with Crippen molar-refractivity contribution in [2.24, 2.45) is 5.92 Å². The maximum absolute atomic E-state index is 2.30. The third-order valence-electron chi connectivity index (χ3n) is 3.86. The van der Waals surface area contributed by atoms with Gasteiger partial charge in [-0.15, -0.1) is 0 Å². The van der Waals surface area contributed by atoms with E-state index in [2.05, 4.69) is 75.4 Å². The van der Waals surface area contributed by atoms with Crippen LogP contribution in [0.1, 0.15) is 43.9 Å². The highest BCUT2D eigenvalue weighted by molar-refractivity contribution is 5.38. The molecule has 0 aliphatic carbocycles. The summed E-state index contributed by atoms with van der Waals surface area (Å²) in [6, 6.07) is 19.7. The van der Waals surface area contributed by atoms with Gasteiger partial charge in [0.05, 0.1) is 0 Å². The molecule has 2 rings (SSSR count). The van der Waals surface area contributed by atoms with Gasteiger partial charge in [0.15, 0.2) is 0 Å². The molecule has 0 fully saturated rings. The van der Waals surface area contributed by atoms with Gasteiger partial charge in [0.2, 0.25) is 0 Å². The zero-order valence-electron chi connectivity index (χ0n) is 12.9. The average molecular weight is 265 g/mol. The zero-order chi connectivity index (χ0) is 14.4. The van der Waals surface area contributed by atoms with Crippen LogP contribution in [0.4, 0.5) is 0 Å². The van der Waals surface area contributed by atoms with E-state index in [-0.39, 0.29) is 0 Å². The third kappa shape index (κ3) is 3.72. The molecule has 0 heteroatoms. The van der Waals surface area contributed by atoms with Gasteiger partial charge in [0, 0.05) is 5.92 Å². The first kappa shape index (κ1) is 14.8. The second kappa shape index (κ2) is 7.28. The fraction of sp³-hybridized carbons (Fsp3) is 0.350. The molecule has 0 aliphatic heterocycles. The molecule has 0 bridgehead atoms. The Balaban J connectivity index is 2.25. The average Bonchev–Trinajstić information content (AvgIpc) is 2.47. The molecule has 0 amide bonds. The molecular formula is C20H25. The Hall–Kier alpha value is -1.56. The summed E-state index contributed by atoms with van der Waals surface area (Å²) in [6.45, 7) is 6.84. The Morgan fingerprint density at radius 2 is 1.45 bits per heavy atom. The minimum atomic E-state index is 0.576. The Bertz CT molecular complexity index is 511. The lowest BCUT2D eigenvalue weighted by molar-refractivity contribution is 0.653. The molecule has 0 nitrogen and oxygen atoms in total. The molecule has 20 heavy (non-hydrogen) atoms. The second-order valence-electron chi connectivity index (χ2n) is 5.74. The lowest BCUT2D eigenvalue weighted by Crippen LogP contribution is -2.12. The predicted molar refractivity (Wildman–Crippen MR) is 87.8 cm³/mol. The number of rotatable bonds is 6.